The van der Waals surface area contributed by atoms with Crippen molar-refractivity contribution in [2.45, 2.75) is 17.9 Å². The molecule has 0 radical (unpaired) electrons. The van der Waals surface area contributed by atoms with Gasteiger partial charge in [-0.2, -0.15) is 0 Å². The van der Waals surface area contributed by atoms with Crippen molar-refractivity contribution < 1.29 is 13.2 Å². The van der Waals surface area contributed by atoms with E-state index in [1.54, 1.807) is 29.2 Å². The molecule has 0 spiro atoms. The minimum absolute atomic E-state index is 0. The predicted octanol–water partition coefficient (Wildman–Crippen LogP) is 3.00. The molecular formula is C18H21Cl2N3O3S. The molecule has 2 aromatic rings. The van der Waals surface area contributed by atoms with Gasteiger partial charge in [-0.1, -0.05) is 23.7 Å². The van der Waals surface area contributed by atoms with Gasteiger partial charge in [0.05, 0.1) is 15.6 Å². The number of carbonyl (C=O) groups is 1. The van der Waals surface area contributed by atoms with Crippen molar-refractivity contribution in [3.8, 4) is 0 Å². The molecule has 0 aromatic heterocycles. The van der Waals surface area contributed by atoms with Gasteiger partial charge in [0.15, 0.2) is 0 Å². The van der Waals surface area contributed by atoms with Crippen LogP contribution in [-0.2, 0) is 10.0 Å². The summed E-state index contributed by atoms with van der Waals surface area (Å²) in [6.45, 7) is 4.12. The second-order valence-electron chi connectivity index (χ2n) is 6.16. The number of sulfonamides is 1. The number of nitrogens with one attached hydrogen (secondary N) is 2. The molecule has 1 amide bonds. The molecule has 3 rings (SSSR count). The minimum atomic E-state index is -3.78. The average molecular weight is 430 g/mol. The second-order valence-corrected chi connectivity index (χ2v) is 8.25. The molecule has 27 heavy (non-hydrogen) atoms. The number of halogens is 2. The molecule has 1 heterocycles. The third-order valence-corrected chi connectivity index (χ3v) is 6.00. The van der Waals surface area contributed by atoms with E-state index in [2.05, 4.69) is 10.0 Å². The van der Waals surface area contributed by atoms with Crippen LogP contribution < -0.4 is 10.0 Å². The van der Waals surface area contributed by atoms with Gasteiger partial charge in [0.1, 0.15) is 0 Å². The maximum atomic E-state index is 12.6. The van der Waals surface area contributed by atoms with Gasteiger partial charge in [-0.05, 0) is 43.3 Å². The molecule has 2 N–H and O–H groups in total. The van der Waals surface area contributed by atoms with Crippen LogP contribution in [0.15, 0.2) is 53.4 Å². The van der Waals surface area contributed by atoms with Crippen molar-refractivity contribution in [2.75, 3.05) is 24.4 Å². The molecule has 1 aliphatic rings. The molecule has 1 aliphatic heterocycles. The Morgan fingerprint density at radius 2 is 1.85 bits per heavy atom. The molecule has 2 aromatic carbocycles. The number of hydrogen-bond donors (Lipinski definition) is 2. The molecule has 1 atom stereocenters. The number of benzene rings is 2. The summed E-state index contributed by atoms with van der Waals surface area (Å²) in [5, 5.41) is 3.55. The van der Waals surface area contributed by atoms with Gasteiger partial charge >= 0.3 is 0 Å². The zero-order chi connectivity index (χ0) is 18.7. The Balaban J connectivity index is 0.00000261. The molecule has 6 nitrogen and oxygen atoms in total. The maximum Gasteiger partial charge on any atom is 0.261 e. The SMILES string of the molecule is C[C@@H]1CNCCN1C(=O)c1ccc(S(=O)(=O)Nc2ccccc2Cl)cc1.Cl. The number of amides is 1. The largest absolute Gasteiger partial charge is 0.333 e. The molecule has 1 saturated heterocycles. The highest BCUT2D eigenvalue weighted by Crippen LogP contribution is 2.24. The monoisotopic (exact) mass is 429 g/mol. The number of piperazine rings is 1. The Kier molecular flexibility index (Phi) is 7.11. The van der Waals surface area contributed by atoms with Crippen molar-refractivity contribution in [3.05, 3.63) is 59.1 Å². The fourth-order valence-electron chi connectivity index (χ4n) is 2.83. The number of rotatable bonds is 4. The molecule has 0 saturated carbocycles. The molecule has 9 heteroatoms. The highest BCUT2D eigenvalue weighted by molar-refractivity contribution is 7.92. The Hall–Kier alpha value is -1.80. The van der Waals surface area contributed by atoms with Crippen LogP contribution in [0.1, 0.15) is 17.3 Å². The third-order valence-electron chi connectivity index (χ3n) is 4.29. The lowest BCUT2D eigenvalue weighted by atomic mass is 10.1. The number of hydrogen-bond acceptors (Lipinski definition) is 4. The van der Waals surface area contributed by atoms with E-state index in [1.165, 1.54) is 24.3 Å². The summed E-state index contributed by atoms with van der Waals surface area (Å²) >= 11 is 6.00. The third kappa shape index (κ3) is 4.93. The van der Waals surface area contributed by atoms with Gasteiger partial charge in [0.2, 0.25) is 0 Å². The highest BCUT2D eigenvalue weighted by Gasteiger charge is 2.24. The zero-order valence-electron chi connectivity index (χ0n) is 14.7. The van der Waals surface area contributed by atoms with Crippen LogP contribution >= 0.6 is 24.0 Å². The fraction of sp³-hybridized carbons (Fsp3) is 0.278. The van der Waals surface area contributed by atoms with E-state index >= 15 is 0 Å². The van der Waals surface area contributed by atoms with Gasteiger partial charge in [0.25, 0.3) is 15.9 Å². The number of nitrogens with zero attached hydrogens (tertiary/aromatic N) is 1. The lowest BCUT2D eigenvalue weighted by molar-refractivity contribution is 0.0655. The average Bonchev–Trinajstić information content (AvgIpc) is 2.63. The summed E-state index contributed by atoms with van der Waals surface area (Å²) in [6, 6.07) is 12.6. The predicted molar refractivity (Wildman–Crippen MR) is 109 cm³/mol. The lowest BCUT2D eigenvalue weighted by Crippen LogP contribution is -2.52. The first kappa shape index (κ1) is 21.5. The van der Waals surface area contributed by atoms with Crippen molar-refractivity contribution in [1.82, 2.24) is 10.2 Å². The van der Waals surface area contributed by atoms with E-state index < -0.39 is 10.0 Å². The summed E-state index contributed by atoms with van der Waals surface area (Å²) in [5.74, 6) is -0.0954. The van der Waals surface area contributed by atoms with E-state index in [0.717, 1.165) is 13.1 Å². The Labute approximate surface area is 170 Å². The van der Waals surface area contributed by atoms with Crippen LogP contribution in [0.25, 0.3) is 0 Å². The topological polar surface area (TPSA) is 78.5 Å². The zero-order valence-corrected chi connectivity index (χ0v) is 17.1. The first-order valence-electron chi connectivity index (χ1n) is 8.27. The first-order valence-corrected chi connectivity index (χ1v) is 10.1. The maximum absolute atomic E-state index is 12.6. The van der Waals surface area contributed by atoms with Crippen LogP contribution in [-0.4, -0.2) is 44.9 Å². The van der Waals surface area contributed by atoms with E-state index in [1.807, 2.05) is 6.92 Å². The Bertz CT molecular complexity index is 904. The van der Waals surface area contributed by atoms with Gasteiger partial charge in [-0.15, -0.1) is 12.4 Å². The first-order chi connectivity index (χ1) is 12.4. The molecule has 0 aliphatic carbocycles. The van der Waals surface area contributed by atoms with Gasteiger partial charge in [0, 0.05) is 31.2 Å². The van der Waals surface area contributed by atoms with Crippen LogP contribution in [0.3, 0.4) is 0 Å². The highest BCUT2D eigenvalue weighted by atomic mass is 35.5. The van der Waals surface area contributed by atoms with Gasteiger partial charge < -0.3 is 10.2 Å². The summed E-state index contributed by atoms with van der Waals surface area (Å²) in [4.78, 5) is 14.5. The fourth-order valence-corrected chi connectivity index (χ4v) is 4.15. The van der Waals surface area contributed by atoms with Crippen LogP contribution in [0.4, 0.5) is 5.69 Å². The molecule has 0 bridgehead atoms. The quantitative estimate of drug-likeness (QED) is 0.782. The minimum Gasteiger partial charge on any atom is -0.333 e. The smallest absolute Gasteiger partial charge is 0.261 e. The number of para-hydroxylation sites is 1. The Morgan fingerprint density at radius 1 is 1.19 bits per heavy atom. The lowest BCUT2D eigenvalue weighted by Gasteiger charge is -2.34. The molecule has 0 unspecified atom stereocenters. The Morgan fingerprint density at radius 3 is 2.48 bits per heavy atom. The van der Waals surface area contributed by atoms with E-state index in [0.29, 0.717) is 22.8 Å². The standard InChI is InChI=1S/C18H20ClN3O3S.ClH/c1-13-12-20-10-11-22(13)18(23)14-6-8-15(9-7-14)26(24,25)21-17-5-3-2-4-16(17)19;/h2-9,13,20-21H,10-12H2,1H3;1H/t13-;/m1./s1. The van der Waals surface area contributed by atoms with Crippen molar-refractivity contribution in [1.29, 1.82) is 0 Å². The van der Waals surface area contributed by atoms with Crippen LogP contribution in [0.5, 0.6) is 0 Å². The van der Waals surface area contributed by atoms with Crippen molar-refractivity contribution in [2.24, 2.45) is 0 Å². The summed E-state index contributed by atoms with van der Waals surface area (Å²) in [5.41, 5.74) is 0.777. The molecule has 146 valence electrons. The van der Waals surface area contributed by atoms with E-state index in [-0.39, 0.29) is 29.3 Å². The summed E-state index contributed by atoms with van der Waals surface area (Å²) in [6.07, 6.45) is 0. The summed E-state index contributed by atoms with van der Waals surface area (Å²) in [7, 11) is -3.78. The van der Waals surface area contributed by atoms with Crippen molar-refractivity contribution in [3.63, 3.8) is 0 Å². The van der Waals surface area contributed by atoms with Gasteiger partial charge in [-0.3, -0.25) is 9.52 Å². The van der Waals surface area contributed by atoms with Crippen molar-refractivity contribution >= 4 is 45.6 Å². The summed E-state index contributed by atoms with van der Waals surface area (Å²) < 4.78 is 27.5. The second kappa shape index (κ2) is 8.93. The number of carbonyl (C=O) groups excluding carboxylic acids is 1. The number of anilines is 1. The normalized spacial score (nSPS) is 17.1. The van der Waals surface area contributed by atoms with E-state index in [9.17, 15) is 13.2 Å². The van der Waals surface area contributed by atoms with Crippen LogP contribution in [0, 0.1) is 0 Å². The molecular weight excluding hydrogens is 409 g/mol. The van der Waals surface area contributed by atoms with Gasteiger partial charge in [-0.25, -0.2) is 8.42 Å². The molecule has 1 fully saturated rings. The van der Waals surface area contributed by atoms with E-state index in [4.69, 9.17) is 11.6 Å². The van der Waals surface area contributed by atoms with Crippen LogP contribution in [0.2, 0.25) is 5.02 Å².